The van der Waals surface area contributed by atoms with Crippen LogP contribution < -0.4 is 10.9 Å². The van der Waals surface area contributed by atoms with Crippen molar-refractivity contribution >= 4 is 61.0 Å². The van der Waals surface area contributed by atoms with Crippen molar-refractivity contribution in [3.05, 3.63) is 55.6 Å². The van der Waals surface area contributed by atoms with Gasteiger partial charge in [0.15, 0.2) is 6.61 Å². The maximum Gasteiger partial charge on any atom is 0.268 e. The molecule has 24 heavy (non-hydrogen) atoms. The van der Waals surface area contributed by atoms with E-state index < -0.39 is 5.91 Å². The zero-order chi connectivity index (χ0) is 17.5. The first-order chi connectivity index (χ1) is 11.5. The van der Waals surface area contributed by atoms with Gasteiger partial charge in [-0.2, -0.15) is 5.10 Å². The molecule has 0 spiro atoms. The van der Waals surface area contributed by atoms with Gasteiger partial charge >= 0.3 is 0 Å². The lowest BCUT2D eigenvalue weighted by Gasteiger charge is -2.07. The third-order valence-electron chi connectivity index (χ3n) is 2.67. The summed E-state index contributed by atoms with van der Waals surface area (Å²) in [6.07, 6.45) is 1.33. The number of rotatable bonds is 7. The van der Waals surface area contributed by atoms with E-state index in [2.05, 4.69) is 54.4 Å². The van der Waals surface area contributed by atoms with Crippen molar-refractivity contribution in [1.82, 2.24) is 10.9 Å². The second-order valence-electron chi connectivity index (χ2n) is 4.47. The minimum Gasteiger partial charge on any atom is -0.506 e. The fraction of sp³-hybridized carbons (Fsp3) is 0.0667. The number of hydrogen-bond donors (Lipinski definition) is 3. The molecule has 6 nitrogen and oxygen atoms in total. The highest BCUT2D eigenvalue weighted by Crippen LogP contribution is 2.30. The lowest BCUT2D eigenvalue weighted by atomic mass is 10.2. The van der Waals surface area contributed by atoms with Gasteiger partial charge in [0.2, 0.25) is 0 Å². The van der Waals surface area contributed by atoms with Crippen molar-refractivity contribution in [2.45, 2.75) is 0 Å². The molecule has 1 amide bonds. The lowest BCUT2D eigenvalue weighted by molar-refractivity contribution is -0.127. The molecule has 0 radical (unpaired) electrons. The number of aromatic hydroxyl groups is 1. The molecule has 0 aliphatic rings. The van der Waals surface area contributed by atoms with Gasteiger partial charge in [-0.25, -0.2) is 5.43 Å². The molecule has 0 saturated carbocycles. The van der Waals surface area contributed by atoms with Gasteiger partial charge < -0.3 is 5.11 Å². The molecule has 1 aromatic carbocycles. The highest BCUT2D eigenvalue weighted by molar-refractivity contribution is 9.11. The molecule has 0 aliphatic carbocycles. The SMILES string of the molecule is C=C(NOCC(=O)N/N=C/c1cc(Br)cc(Br)c1O)c1cccs1. The Morgan fingerprint density at radius 2 is 2.25 bits per heavy atom. The van der Waals surface area contributed by atoms with E-state index in [0.29, 0.717) is 15.7 Å². The van der Waals surface area contributed by atoms with Crippen LogP contribution in [0.1, 0.15) is 10.4 Å². The van der Waals surface area contributed by atoms with Crippen molar-refractivity contribution < 1.29 is 14.7 Å². The van der Waals surface area contributed by atoms with E-state index in [1.165, 1.54) is 17.6 Å². The number of phenols is 1. The van der Waals surface area contributed by atoms with Crippen molar-refractivity contribution in [3.8, 4) is 5.75 Å². The molecule has 126 valence electrons. The van der Waals surface area contributed by atoms with Gasteiger partial charge in [0.1, 0.15) is 5.75 Å². The normalized spacial score (nSPS) is 10.8. The molecule has 0 saturated heterocycles. The Morgan fingerprint density at radius 3 is 2.96 bits per heavy atom. The highest BCUT2D eigenvalue weighted by atomic mass is 79.9. The zero-order valence-electron chi connectivity index (χ0n) is 12.3. The largest absolute Gasteiger partial charge is 0.506 e. The molecule has 9 heteroatoms. The average Bonchev–Trinajstić information content (AvgIpc) is 3.06. The Morgan fingerprint density at radius 1 is 1.46 bits per heavy atom. The van der Waals surface area contributed by atoms with E-state index in [9.17, 15) is 9.90 Å². The molecular formula is C15H13Br2N3O3S. The van der Waals surface area contributed by atoms with E-state index in [4.69, 9.17) is 4.84 Å². The Hall–Kier alpha value is -1.68. The van der Waals surface area contributed by atoms with Crippen LogP contribution in [-0.2, 0) is 9.63 Å². The maximum atomic E-state index is 11.6. The summed E-state index contributed by atoms with van der Waals surface area (Å²) in [6, 6.07) is 7.14. The van der Waals surface area contributed by atoms with Gasteiger partial charge in [-0.15, -0.1) is 11.3 Å². The van der Waals surface area contributed by atoms with Crippen LogP contribution in [0.2, 0.25) is 0 Å². The zero-order valence-corrected chi connectivity index (χ0v) is 16.2. The number of benzene rings is 1. The first kappa shape index (κ1) is 18.7. The van der Waals surface area contributed by atoms with Gasteiger partial charge in [0, 0.05) is 10.0 Å². The van der Waals surface area contributed by atoms with Gasteiger partial charge in [0.25, 0.3) is 5.91 Å². The number of hydrogen-bond acceptors (Lipinski definition) is 6. The number of carbonyl (C=O) groups is 1. The van der Waals surface area contributed by atoms with Crippen LogP contribution in [0.15, 0.2) is 50.3 Å². The van der Waals surface area contributed by atoms with Crippen molar-refractivity contribution in [2.75, 3.05) is 6.61 Å². The summed E-state index contributed by atoms with van der Waals surface area (Å²) in [6.45, 7) is 3.56. The van der Waals surface area contributed by atoms with E-state index in [-0.39, 0.29) is 12.4 Å². The van der Waals surface area contributed by atoms with Crippen LogP contribution in [0, 0.1) is 0 Å². The van der Waals surface area contributed by atoms with E-state index in [1.807, 2.05) is 17.5 Å². The molecular weight excluding hydrogens is 462 g/mol. The Balaban J connectivity index is 1.78. The summed E-state index contributed by atoms with van der Waals surface area (Å²) < 4.78 is 1.28. The number of carbonyl (C=O) groups excluding carboxylic acids is 1. The first-order valence-corrected chi connectivity index (χ1v) is 9.04. The number of hydrazone groups is 1. The summed E-state index contributed by atoms with van der Waals surface area (Å²) in [5, 5.41) is 15.6. The van der Waals surface area contributed by atoms with Crippen molar-refractivity contribution in [1.29, 1.82) is 0 Å². The predicted octanol–water partition coefficient (Wildman–Crippen LogP) is 3.62. The Kier molecular flexibility index (Phi) is 6.98. The van der Waals surface area contributed by atoms with Crippen LogP contribution in [-0.4, -0.2) is 23.8 Å². The number of nitrogens with one attached hydrogen (secondary N) is 2. The molecule has 0 atom stereocenters. The van der Waals surface area contributed by atoms with Crippen LogP contribution in [0.4, 0.5) is 0 Å². The van der Waals surface area contributed by atoms with Crippen molar-refractivity contribution in [2.24, 2.45) is 5.10 Å². The lowest BCUT2D eigenvalue weighted by Crippen LogP contribution is -2.26. The van der Waals surface area contributed by atoms with Gasteiger partial charge in [0.05, 0.1) is 21.3 Å². The molecule has 0 unspecified atom stereocenters. The maximum absolute atomic E-state index is 11.6. The molecule has 2 rings (SSSR count). The summed E-state index contributed by atoms with van der Waals surface area (Å²) in [4.78, 5) is 17.6. The van der Waals surface area contributed by atoms with Gasteiger partial charge in [-0.1, -0.05) is 28.6 Å². The molecule has 0 bridgehead atoms. The fourth-order valence-electron chi connectivity index (χ4n) is 1.58. The van der Waals surface area contributed by atoms with Gasteiger partial charge in [-0.3, -0.25) is 15.1 Å². The second-order valence-corrected chi connectivity index (χ2v) is 7.18. The topological polar surface area (TPSA) is 83.0 Å². The molecule has 1 heterocycles. The Bertz CT molecular complexity index is 764. The number of halogens is 2. The monoisotopic (exact) mass is 473 g/mol. The van der Waals surface area contributed by atoms with Gasteiger partial charge in [-0.05, 0) is 39.5 Å². The summed E-state index contributed by atoms with van der Waals surface area (Å²) in [5.41, 5.74) is 5.92. The van der Waals surface area contributed by atoms with Crippen LogP contribution >= 0.6 is 43.2 Å². The molecule has 0 fully saturated rings. The average molecular weight is 475 g/mol. The van der Waals surface area contributed by atoms with Crippen LogP contribution in [0.25, 0.3) is 5.70 Å². The fourth-order valence-corrected chi connectivity index (χ4v) is 3.48. The minimum absolute atomic E-state index is 0.0290. The van der Waals surface area contributed by atoms with Crippen molar-refractivity contribution in [3.63, 3.8) is 0 Å². The van der Waals surface area contributed by atoms with Crippen LogP contribution in [0.3, 0.4) is 0 Å². The smallest absolute Gasteiger partial charge is 0.268 e. The highest BCUT2D eigenvalue weighted by Gasteiger charge is 2.06. The summed E-state index contributed by atoms with van der Waals surface area (Å²) >= 11 is 8.03. The van der Waals surface area contributed by atoms with Crippen LogP contribution in [0.5, 0.6) is 5.75 Å². The predicted molar refractivity (Wildman–Crippen MR) is 102 cm³/mol. The van der Waals surface area contributed by atoms with E-state index >= 15 is 0 Å². The molecule has 3 N–H and O–H groups in total. The number of thiophene rings is 1. The number of hydroxylamine groups is 1. The second kappa shape index (κ2) is 8.97. The van der Waals surface area contributed by atoms with E-state index in [0.717, 1.165) is 9.35 Å². The first-order valence-electron chi connectivity index (χ1n) is 6.58. The van der Waals surface area contributed by atoms with E-state index in [1.54, 1.807) is 12.1 Å². The Labute approximate surface area is 159 Å². The number of amides is 1. The third kappa shape index (κ3) is 5.45. The minimum atomic E-state index is -0.453. The summed E-state index contributed by atoms with van der Waals surface area (Å²) in [5.74, 6) is -0.423. The standard InChI is InChI=1S/C15H13Br2N3O3S/c1-9(13-3-2-4-24-13)20-23-8-14(21)19-18-7-10-5-11(16)6-12(17)15(10)22/h2-7,20,22H,1,8H2,(H,19,21)/b18-7+. The number of phenolic OH excluding ortho intramolecular Hbond substituents is 1. The molecule has 0 aliphatic heterocycles. The third-order valence-corrected chi connectivity index (χ3v) is 4.66. The molecule has 2 aromatic rings. The summed E-state index contributed by atoms with van der Waals surface area (Å²) in [7, 11) is 0. The number of nitrogens with zero attached hydrogens (tertiary/aromatic N) is 1. The molecule has 1 aromatic heterocycles. The quantitative estimate of drug-likeness (QED) is 0.422.